The predicted molar refractivity (Wildman–Crippen MR) is 86.7 cm³/mol. The van der Waals surface area contributed by atoms with E-state index in [4.69, 9.17) is 11.6 Å². The maximum atomic E-state index is 12.2. The molecule has 1 aromatic heterocycles. The van der Waals surface area contributed by atoms with Gasteiger partial charge in [0.05, 0.1) is 17.4 Å². The highest BCUT2D eigenvalue weighted by molar-refractivity contribution is 6.30. The molecule has 0 saturated heterocycles. The van der Waals surface area contributed by atoms with Crippen LogP contribution >= 0.6 is 24.0 Å². The molecule has 0 aliphatic rings. The van der Waals surface area contributed by atoms with E-state index in [1.54, 1.807) is 41.2 Å². The van der Waals surface area contributed by atoms with Crippen LogP contribution in [0.5, 0.6) is 0 Å². The van der Waals surface area contributed by atoms with Crippen LogP contribution < -0.4 is 5.32 Å². The van der Waals surface area contributed by atoms with Crippen molar-refractivity contribution in [3.05, 3.63) is 47.2 Å². The van der Waals surface area contributed by atoms with E-state index in [1.165, 1.54) is 0 Å². The maximum Gasteiger partial charge on any atom is 0.256 e. The molecule has 0 fully saturated rings. The van der Waals surface area contributed by atoms with Gasteiger partial charge >= 0.3 is 0 Å². The lowest BCUT2D eigenvalue weighted by molar-refractivity contribution is 0.0797. The summed E-state index contributed by atoms with van der Waals surface area (Å²) in [6.07, 6.45) is 3.28. The fraction of sp³-hybridized carbons (Fsp3) is 0.286. The number of hydrogen-bond donors (Lipinski definition) is 1. The Balaban J connectivity index is 0.00000220. The van der Waals surface area contributed by atoms with Gasteiger partial charge in [-0.05, 0) is 25.2 Å². The van der Waals surface area contributed by atoms with E-state index >= 15 is 0 Å². The van der Waals surface area contributed by atoms with Crippen molar-refractivity contribution in [3.63, 3.8) is 0 Å². The number of amides is 1. The Labute approximate surface area is 135 Å². The Hall–Kier alpha value is -1.56. The molecule has 114 valence electrons. The molecule has 2 aromatic rings. The zero-order chi connectivity index (χ0) is 14.5. The molecular formula is C14H18Cl2N4O. The summed E-state index contributed by atoms with van der Waals surface area (Å²) in [6, 6.07) is 7.33. The minimum absolute atomic E-state index is 0. The van der Waals surface area contributed by atoms with Crippen LogP contribution in [0, 0.1) is 0 Å². The lowest BCUT2D eigenvalue weighted by Gasteiger charge is -2.15. The normalized spacial score (nSPS) is 10.0. The number of aromatic nitrogens is 2. The van der Waals surface area contributed by atoms with Crippen molar-refractivity contribution in [2.45, 2.75) is 0 Å². The van der Waals surface area contributed by atoms with Crippen LogP contribution in [0.3, 0.4) is 0 Å². The van der Waals surface area contributed by atoms with Gasteiger partial charge in [-0.1, -0.05) is 17.7 Å². The first-order valence-electron chi connectivity index (χ1n) is 6.32. The predicted octanol–water partition coefficient (Wildman–Crippen LogP) is 2.24. The number of carbonyl (C=O) groups excluding carboxylic acids is 1. The maximum absolute atomic E-state index is 12.2. The van der Waals surface area contributed by atoms with Crippen molar-refractivity contribution in [2.75, 3.05) is 27.2 Å². The van der Waals surface area contributed by atoms with Crippen LogP contribution in [0.2, 0.25) is 5.02 Å². The third-order valence-corrected chi connectivity index (χ3v) is 3.18. The van der Waals surface area contributed by atoms with Crippen LogP contribution in [0.25, 0.3) is 5.69 Å². The SMILES string of the molecule is CNCCN(C)C(=O)c1cnn(-c2cccc(Cl)c2)c1.Cl. The lowest BCUT2D eigenvalue weighted by Crippen LogP contribution is -2.32. The highest BCUT2D eigenvalue weighted by Gasteiger charge is 2.13. The molecule has 21 heavy (non-hydrogen) atoms. The fourth-order valence-corrected chi connectivity index (χ4v) is 1.98. The number of carbonyl (C=O) groups is 1. The van der Waals surface area contributed by atoms with E-state index in [-0.39, 0.29) is 18.3 Å². The van der Waals surface area contributed by atoms with Gasteiger partial charge in [0.2, 0.25) is 0 Å². The minimum atomic E-state index is -0.0477. The molecule has 5 nitrogen and oxygen atoms in total. The summed E-state index contributed by atoms with van der Waals surface area (Å²) in [7, 11) is 3.63. The van der Waals surface area contributed by atoms with Crippen LogP contribution in [0.4, 0.5) is 0 Å². The van der Waals surface area contributed by atoms with Gasteiger partial charge in [-0.2, -0.15) is 5.10 Å². The van der Waals surface area contributed by atoms with Crippen molar-refractivity contribution >= 4 is 29.9 Å². The van der Waals surface area contributed by atoms with E-state index in [0.29, 0.717) is 17.1 Å². The smallest absolute Gasteiger partial charge is 0.256 e. The summed E-state index contributed by atoms with van der Waals surface area (Å²) in [6.45, 7) is 1.41. The van der Waals surface area contributed by atoms with Crippen molar-refractivity contribution in [1.82, 2.24) is 20.0 Å². The van der Waals surface area contributed by atoms with Crippen molar-refractivity contribution in [3.8, 4) is 5.69 Å². The van der Waals surface area contributed by atoms with Crippen molar-refractivity contribution in [1.29, 1.82) is 0 Å². The number of hydrogen-bond acceptors (Lipinski definition) is 3. The summed E-state index contributed by atoms with van der Waals surface area (Å²) >= 11 is 5.95. The van der Waals surface area contributed by atoms with Gasteiger partial charge in [0, 0.05) is 31.4 Å². The number of benzene rings is 1. The number of rotatable bonds is 5. The zero-order valence-corrected chi connectivity index (χ0v) is 13.5. The van der Waals surface area contributed by atoms with Gasteiger partial charge in [-0.25, -0.2) is 4.68 Å². The Morgan fingerprint density at radius 3 is 2.90 bits per heavy atom. The van der Waals surface area contributed by atoms with Gasteiger partial charge in [-0.15, -0.1) is 12.4 Å². The fourth-order valence-electron chi connectivity index (χ4n) is 1.79. The summed E-state index contributed by atoms with van der Waals surface area (Å²) in [5.41, 5.74) is 1.39. The first-order chi connectivity index (χ1) is 9.61. The van der Waals surface area contributed by atoms with Crippen molar-refractivity contribution < 1.29 is 4.79 Å². The number of nitrogens with one attached hydrogen (secondary N) is 1. The second kappa shape index (κ2) is 8.02. The molecular weight excluding hydrogens is 311 g/mol. The summed E-state index contributed by atoms with van der Waals surface area (Å²) in [5.74, 6) is -0.0477. The van der Waals surface area contributed by atoms with Gasteiger partial charge in [-0.3, -0.25) is 4.79 Å². The standard InChI is InChI=1S/C14H17ClN4O.ClH/c1-16-6-7-18(2)14(20)11-9-17-19(10-11)13-5-3-4-12(15)8-13;/h3-5,8-10,16H,6-7H2,1-2H3;1H. The Morgan fingerprint density at radius 1 is 1.48 bits per heavy atom. The first-order valence-corrected chi connectivity index (χ1v) is 6.70. The van der Waals surface area contributed by atoms with Gasteiger partial charge in [0.1, 0.15) is 0 Å². The van der Waals surface area contributed by atoms with Gasteiger partial charge < -0.3 is 10.2 Å². The van der Waals surface area contributed by atoms with Crippen molar-refractivity contribution in [2.24, 2.45) is 0 Å². The van der Waals surface area contributed by atoms with Crippen LogP contribution in [-0.4, -0.2) is 47.8 Å². The minimum Gasteiger partial charge on any atom is -0.340 e. The molecule has 1 N–H and O–H groups in total. The van der Waals surface area contributed by atoms with E-state index in [2.05, 4.69) is 10.4 Å². The molecule has 1 heterocycles. The van der Waals surface area contributed by atoms with Crippen LogP contribution in [0.1, 0.15) is 10.4 Å². The lowest BCUT2D eigenvalue weighted by atomic mass is 10.3. The summed E-state index contributed by atoms with van der Waals surface area (Å²) in [5, 5.41) is 7.86. The van der Waals surface area contributed by atoms with E-state index < -0.39 is 0 Å². The first kappa shape index (κ1) is 17.5. The molecule has 0 unspecified atom stereocenters. The molecule has 1 amide bonds. The molecule has 0 bridgehead atoms. The molecule has 1 aromatic carbocycles. The van der Waals surface area contributed by atoms with Gasteiger partial charge in [0.15, 0.2) is 0 Å². The molecule has 0 spiro atoms. The Bertz CT molecular complexity index is 600. The quantitative estimate of drug-likeness (QED) is 0.915. The third-order valence-electron chi connectivity index (χ3n) is 2.95. The molecule has 0 aliphatic carbocycles. The second-order valence-electron chi connectivity index (χ2n) is 4.48. The summed E-state index contributed by atoms with van der Waals surface area (Å²) < 4.78 is 1.64. The molecule has 2 rings (SSSR count). The highest BCUT2D eigenvalue weighted by atomic mass is 35.5. The van der Waals surface area contributed by atoms with E-state index in [1.807, 2.05) is 19.2 Å². The Kier molecular flexibility index (Phi) is 6.68. The largest absolute Gasteiger partial charge is 0.340 e. The monoisotopic (exact) mass is 328 g/mol. The Morgan fingerprint density at radius 2 is 2.24 bits per heavy atom. The third kappa shape index (κ3) is 4.46. The average Bonchev–Trinajstić information content (AvgIpc) is 2.93. The molecule has 0 saturated carbocycles. The van der Waals surface area contributed by atoms with Gasteiger partial charge in [0.25, 0.3) is 5.91 Å². The molecule has 7 heteroatoms. The number of halogens is 2. The molecule has 0 radical (unpaired) electrons. The van der Waals surface area contributed by atoms with E-state index in [0.717, 1.165) is 12.2 Å². The van der Waals surface area contributed by atoms with E-state index in [9.17, 15) is 4.79 Å². The topological polar surface area (TPSA) is 50.2 Å². The van der Waals surface area contributed by atoms with Crippen LogP contribution in [-0.2, 0) is 0 Å². The average molecular weight is 329 g/mol. The molecule has 0 aliphatic heterocycles. The number of nitrogens with zero attached hydrogens (tertiary/aromatic N) is 3. The zero-order valence-electron chi connectivity index (χ0n) is 11.9. The van der Waals surface area contributed by atoms with Crippen LogP contribution in [0.15, 0.2) is 36.7 Å². The highest BCUT2D eigenvalue weighted by Crippen LogP contribution is 2.15. The second-order valence-corrected chi connectivity index (χ2v) is 4.92. The summed E-state index contributed by atoms with van der Waals surface area (Å²) in [4.78, 5) is 13.8. The number of likely N-dealkylation sites (N-methyl/N-ethyl adjacent to an activating group) is 2. The molecule has 0 atom stereocenters.